The van der Waals surface area contributed by atoms with Gasteiger partial charge >= 0.3 is 0 Å². The van der Waals surface area contributed by atoms with Gasteiger partial charge in [0, 0.05) is 6.42 Å². The number of aromatic nitrogens is 3. The normalized spacial score (nSPS) is 11.9. The van der Waals surface area contributed by atoms with Crippen LogP contribution in [0.2, 0.25) is 5.02 Å². The Balaban J connectivity index is 1.64. The van der Waals surface area contributed by atoms with E-state index in [1.165, 1.54) is 16.9 Å². The molecule has 0 saturated heterocycles. The van der Waals surface area contributed by atoms with Crippen LogP contribution in [0.5, 0.6) is 0 Å². The average molecular weight is 373 g/mol. The number of hydrogen-bond donors (Lipinski definition) is 1. The van der Waals surface area contributed by atoms with E-state index in [2.05, 4.69) is 15.5 Å². The van der Waals surface area contributed by atoms with Gasteiger partial charge in [-0.2, -0.15) is 15.0 Å². The lowest BCUT2D eigenvalue weighted by molar-refractivity contribution is -0.121. The van der Waals surface area contributed by atoms with E-state index in [1.54, 1.807) is 18.5 Å². The maximum atomic E-state index is 13.5. The van der Waals surface area contributed by atoms with E-state index in [0.717, 1.165) is 11.1 Å². The third-order valence-electron chi connectivity index (χ3n) is 3.97. The second-order valence-electron chi connectivity index (χ2n) is 5.86. The molecule has 0 radical (unpaired) electrons. The zero-order valence-electron chi connectivity index (χ0n) is 14.0. The van der Waals surface area contributed by atoms with Crippen LogP contribution in [0.1, 0.15) is 23.6 Å². The molecule has 2 aromatic carbocycles. The monoisotopic (exact) mass is 372 g/mol. The van der Waals surface area contributed by atoms with Gasteiger partial charge in [0.05, 0.1) is 30.0 Å². The zero-order valence-corrected chi connectivity index (χ0v) is 14.7. The molecule has 7 heteroatoms. The summed E-state index contributed by atoms with van der Waals surface area (Å²) in [5, 5.41) is 11.3. The van der Waals surface area contributed by atoms with Crippen LogP contribution in [0.4, 0.5) is 4.39 Å². The van der Waals surface area contributed by atoms with Crippen LogP contribution in [0.15, 0.2) is 60.9 Å². The van der Waals surface area contributed by atoms with Gasteiger partial charge in [-0.25, -0.2) is 4.39 Å². The molecule has 1 aromatic heterocycles. The molecule has 1 amide bonds. The number of carbonyl (C=O) groups is 1. The molecule has 5 nitrogen and oxygen atoms in total. The highest BCUT2D eigenvalue weighted by atomic mass is 35.5. The summed E-state index contributed by atoms with van der Waals surface area (Å²) in [7, 11) is 0. The van der Waals surface area contributed by atoms with E-state index >= 15 is 0 Å². The summed E-state index contributed by atoms with van der Waals surface area (Å²) in [6.07, 6.45) is 3.87. The summed E-state index contributed by atoms with van der Waals surface area (Å²) in [5.41, 5.74) is 1.70. The summed E-state index contributed by atoms with van der Waals surface area (Å²) in [4.78, 5) is 13.9. The Kier molecular flexibility index (Phi) is 5.96. The lowest BCUT2D eigenvalue weighted by atomic mass is 10.1. The fraction of sp³-hybridized carbons (Fsp3) is 0.211. The number of benzene rings is 2. The minimum atomic E-state index is -0.475. The lowest BCUT2D eigenvalue weighted by Gasteiger charge is -2.19. The lowest BCUT2D eigenvalue weighted by Crippen LogP contribution is -2.32. The first-order valence-electron chi connectivity index (χ1n) is 8.24. The molecule has 0 bridgehead atoms. The summed E-state index contributed by atoms with van der Waals surface area (Å²) in [6, 6.07) is 14.0. The SMILES string of the molecule is O=C(CCc1ccc(Cl)c(F)c1)NC(Cn1nccn1)c1ccccc1. The van der Waals surface area contributed by atoms with Crippen LogP contribution in [-0.4, -0.2) is 20.9 Å². The van der Waals surface area contributed by atoms with Crippen LogP contribution >= 0.6 is 11.6 Å². The van der Waals surface area contributed by atoms with Crippen molar-refractivity contribution in [1.29, 1.82) is 0 Å². The standard InChI is InChI=1S/C19H18ClFN4O/c20-16-8-6-14(12-17(16)21)7-9-19(26)24-18(13-25-22-10-11-23-25)15-4-2-1-3-5-15/h1-6,8,10-12,18H,7,9,13H2,(H,24,26). The summed E-state index contributed by atoms with van der Waals surface area (Å²) in [6.45, 7) is 0.429. The van der Waals surface area contributed by atoms with Crippen molar-refractivity contribution in [3.8, 4) is 0 Å². The first-order chi connectivity index (χ1) is 12.6. The summed E-state index contributed by atoms with van der Waals surface area (Å²) >= 11 is 5.68. The largest absolute Gasteiger partial charge is 0.347 e. The van der Waals surface area contributed by atoms with Crippen molar-refractivity contribution in [2.24, 2.45) is 0 Å². The van der Waals surface area contributed by atoms with Crippen LogP contribution in [-0.2, 0) is 17.8 Å². The highest BCUT2D eigenvalue weighted by molar-refractivity contribution is 6.30. The van der Waals surface area contributed by atoms with Crippen LogP contribution in [0.25, 0.3) is 0 Å². The molecule has 26 heavy (non-hydrogen) atoms. The Morgan fingerprint density at radius 2 is 1.88 bits per heavy atom. The third kappa shape index (κ3) is 4.89. The minimum Gasteiger partial charge on any atom is -0.347 e. The molecule has 1 unspecified atom stereocenters. The zero-order chi connectivity index (χ0) is 18.4. The Morgan fingerprint density at radius 3 is 2.58 bits per heavy atom. The number of amides is 1. The van der Waals surface area contributed by atoms with Gasteiger partial charge in [0.25, 0.3) is 0 Å². The number of nitrogens with one attached hydrogen (secondary N) is 1. The molecule has 3 aromatic rings. The Labute approximate surface area is 155 Å². The van der Waals surface area contributed by atoms with Crippen molar-refractivity contribution in [2.75, 3.05) is 0 Å². The number of halogens is 2. The molecule has 1 atom stereocenters. The topological polar surface area (TPSA) is 59.8 Å². The van der Waals surface area contributed by atoms with Crippen molar-refractivity contribution >= 4 is 17.5 Å². The van der Waals surface area contributed by atoms with Crippen molar-refractivity contribution in [3.05, 3.63) is 82.9 Å². The molecule has 3 rings (SSSR count). The smallest absolute Gasteiger partial charge is 0.220 e. The molecule has 0 aliphatic rings. The highest BCUT2D eigenvalue weighted by Crippen LogP contribution is 2.17. The van der Waals surface area contributed by atoms with E-state index in [1.807, 2.05) is 30.3 Å². The van der Waals surface area contributed by atoms with Gasteiger partial charge in [0.15, 0.2) is 0 Å². The Hall–Kier alpha value is -2.73. The minimum absolute atomic E-state index is 0.0778. The van der Waals surface area contributed by atoms with Gasteiger partial charge in [-0.1, -0.05) is 48.0 Å². The molecule has 0 aliphatic carbocycles. The van der Waals surface area contributed by atoms with Crippen LogP contribution in [0.3, 0.4) is 0 Å². The van der Waals surface area contributed by atoms with E-state index in [0.29, 0.717) is 13.0 Å². The first-order valence-corrected chi connectivity index (χ1v) is 8.62. The van der Waals surface area contributed by atoms with Gasteiger partial charge in [0.1, 0.15) is 5.82 Å². The van der Waals surface area contributed by atoms with E-state index in [4.69, 9.17) is 11.6 Å². The van der Waals surface area contributed by atoms with Crippen molar-refractivity contribution in [2.45, 2.75) is 25.4 Å². The molecule has 1 heterocycles. The predicted molar refractivity (Wildman–Crippen MR) is 97.1 cm³/mol. The fourth-order valence-corrected chi connectivity index (χ4v) is 2.76. The second kappa shape index (κ2) is 8.58. The third-order valence-corrected chi connectivity index (χ3v) is 4.28. The van der Waals surface area contributed by atoms with Gasteiger partial charge in [-0.3, -0.25) is 4.79 Å². The molecule has 0 fully saturated rings. The highest BCUT2D eigenvalue weighted by Gasteiger charge is 2.16. The van der Waals surface area contributed by atoms with Crippen molar-refractivity contribution in [3.63, 3.8) is 0 Å². The predicted octanol–water partition coefficient (Wildman–Crippen LogP) is 3.56. The van der Waals surface area contributed by atoms with Gasteiger partial charge in [-0.15, -0.1) is 0 Å². The van der Waals surface area contributed by atoms with Crippen LogP contribution in [0, 0.1) is 5.82 Å². The first kappa shape index (κ1) is 18.1. The van der Waals surface area contributed by atoms with Crippen molar-refractivity contribution in [1.82, 2.24) is 20.3 Å². The maximum Gasteiger partial charge on any atom is 0.220 e. The van der Waals surface area contributed by atoms with E-state index < -0.39 is 5.82 Å². The maximum absolute atomic E-state index is 13.5. The van der Waals surface area contributed by atoms with E-state index in [9.17, 15) is 9.18 Å². The number of rotatable bonds is 7. The fourth-order valence-electron chi connectivity index (χ4n) is 2.64. The molecular weight excluding hydrogens is 355 g/mol. The molecule has 0 saturated carbocycles. The average Bonchev–Trinajstić information content (AvgIpc) is 3.16. The molecule has 0 aliphatic heterocycles. The quantitative estimate of drug-likeness (QED) is 0.689. The summed E-state index contributed by atoms with van der Waals surface area (Å²) in [5.74, 6) is -0.599. The number of carbonyl (C=O) groups excluding carboxylic acids is 1. The molecular formula is C19H18ClFN4O. The van der Waals surface area contributed by atoms with Gasteiger partial charge < -0.3 is 5.32 Å². The molecule has 1 N–H and O–H groups in total. The van der Waals surface area contributed by atoms with Gasteiger partial charge in [-0.05, 0) is 29.7 Å². The number of hydrogen-bond acceptors (Lipinski definition) is 3. The van der Waals surface area contributed by atoms with Crippen molar-refractivity contribution < 1.29 is 9.18 Å². The summed E-state index contributed by atoms with van der Waals surface area (Å²) < 4.78 is 13.5. The second-order valence-corrected chi connectivity index (χ2v) is 6.27. The Bertz CT molecular complexity index is 855. The Morgan fingerprint density at radius 1 is 1.15 bits per heavy atom. The van der Waals surface area contributed by atoms with Crippen LogP contribution < -0.4 is 5.32 Å². The number of nitrogens with zero attached hydrogens (tertiary/aromatic N) is 3. The molecule has 134 valence electrons. The van der Waals surface area contributed by atoms with E-state index in [-0.39, 0.29) is 23.4 Å². The molecule has 0 spiro atoms. The number of aryl methyl sites for hydroxylation is 1. The van der Waals surface area contributed by atoms with Gasteiger partial charge in [0.2, 0.25) is 5.91 Å².